The summed E-state index contributed by atoms with van der Waals surface area (Å²) in [4.78, 5) is 41.3. The van der Waals surface area contributed by atoms with Gasteiger partial charge in [0.2, 0.25) is 5.91 Å². The first kappa shape index (κ1) is 24.9. The summed E-state index contributed by atoms with van der Waals surface area (Å²) >= 11 is 6.09. The van der Waals surface area contributed by atoms with Crippen LogP contribution in [0.1, 0.15) is 43.1 Å². The first-order chi connectivity index (χ1) is 18.4. The predicted octanol–water partition coefficient (Wildman–Crippen LogP) is 3.44. The molecular formula is C28H23ClN6O3. The van der Waals surface area contributed by atoms with Crippen LogP contribution in [0.5, 0.6) is 0 Å². The Morgan fingerprint density at radius 1 is 1.03 bits per heavy atom. The molecule has 2 aromatic carbocycles. The highest BCUT2D eigenvalue weighted by Crippen LogP contribution is 2.21. The van der Waals surface area contributed by atoms with Gasteiger partial charge in [-0.1, -0.05) is 29.8 Å². The van der Waals surface area contributed by atoms with Gasteiger partial charge in [-0.3, -0.25) is 24.5 Å². The van der Waals surface area contributed by atoms with Crippen LogP contribution < -0.4 is 16.6 Å². The van der Waals surface area contributed by atoms with Crippen molar-refractivity contribution in [3.63, 3.8) is 0 Å². The largest absolute Gasteiger partial charge is 0.366 e. The highest BCUT2D eigenvalue weighted by molar-refractivity contribution is 6.31. The monoisotopic (exact) mass is 526 g/mol. The van der Waals surface area contributed by atoms with Crippen molar-refractivity contribution in [3.8, 4) is 0 Å². The summed E-state index contributed by atoms with van der Waals surface area (Å²) in [7, 11) is 0. The number of rotatable bonds is 8. The Hall–Kier alpha value is -4.76. The number of nitrogens with two attached hydrogens (primary N) is 1. The predicted molar refractivity (Wildman–Crippen MR) is 144 cm³/mol. The number of primary amides is 1. The van der Waals surface area contributed by atoms with E-state index >= 15 is 0 Å². The minimum atomic E-state index is -0.574. The van der Waals surface area contributed by atoms with E-state index < -0.39 is 5.91 Å². The molecule has 190 valence electrons. The lowest BCUT2D eigenvalue weighted by Crippen LogP contribution is -2.23. The van der Waals surface area contributed by atoms with E-state index in [2.05, 4.69) is 20.5 Å². The molecule has 0 aliphatic rings. The third-order valence-corrected chi connectivity index (χ3v) is 6.40. The average Bonchev–Trinajstić information content (AvgIpc) is 3.31. The standard InChI is InChI=1S/C28H23ClN6O3/c29-21-6-7-24-23(12-21)25(34-33-24)15-32-28(38)20-10-18(13-31-14-20)9-19-5-4-17(11-22(19)27(30)37)16-35-8-2-1-3-26(35)36/h1-8,10-14H,9,15-16H2,(H2,30,37)(H,32,38)(H,33,34). The molecule has 3 aromatic heterocycles. The molecule has 0 aliphatic carbocycles. The van der Waals surface area contributed by atoms with Crippen molar-refractivity contribution < 1.29 is 9.59 Å². The molecule has 4 N–H and O–H groups in total. The number of hydrogen-bond donors (Lipinski definition) is 3. The van der Waals surface area contributed by atoms with Gasteiger partial charge in [0.1, 0.15) is 0 Å². The number of amides is 2. The molecular weight excluding hydrogens is 504 g/mol. The van der Waals surface area contributed by atoms with Crippen LogP contribution >= 0.6 is 11.6 Å². The molecule has 0 saturated heterocycles. The lowest BCUT2D eigenvalue weighted by Gasteiger charge is -2.12. The number of carbonyl (C=O) groups excluding carboxylic acids is 2. The van der Waals surface area contributed by atoms with Gasteiger partial charge in [0.25, 0.3) is 11.5 Å². The van der Waals surface area contributed by atoms with Crippen molar-refractivity contribution in [1.29, 1.82) is 0 Å². The lowest BCUT2D eigenvalue weighted by molar-refractivity contribution is 0.0948. The average molecular weight is 527 g/mol. The topological polar surface area (TPSA) is 136 Å². The van der Waals surface area contributed by atoms with Crippen LogP contribution in [-0.2, 0) is 19.5 Å². The number of halogens is 1. The van der Waals surface area contributed by atoms with Gasteiger partial charge in [0, 0.05) is 40.6 Å². The van der Waals surface area contributed by atoms with Crippen molar-refractivity contribution in [1.82, 2.24) is 25.1 Å². The zero-order valence-electron chi connectivity index (χ0n) is 20.1. The number of aromatic amines is 1. The van der Waals surface area contributed by atoms with Crippen LogP contribution in [-0.4, -0.2) is 31.6 Å². The lowest BCUT2D eigenvalue weighted by atomic mass is 9.97. The molecule has 38 heavy (non-hydrogen) atoms. The number of aromatic nitrogens is 4. The minimum Gasteiger partial charge on any atom is -0.366 e. The highest BCUT2D eigenvalue weighted by atomic mass is 35.5. The van der Waals surface area contributed by atoms with E-state index in [4.69, 9.17) is 17.3 Å². The summed E-state index contributed by atoms with van der Waals surface area (Å²) in [5.74, 6) is -0.883. The Balaban J connectivity index is 1.31. The number of nitrogens with one attached hydrogen (secondary N) is 2. The van der Waals surface area contributed by atoms with Crippen molar-refractivity contribution in [2.45, 2.75) is 19.5 Å². The Bertz CT molecular complexity index is 1730. The van der Waals surface area contributed by atoms with Gasteiger partial charge in [-0.05, 0) is 59.5 Å². The second kappa shape index (κ2) is 10.7. The van der Waals surface area contributed by atoms with Gasteiger partial charge in [-0.2, -0.15) is 5.10 Å². The number of nitrogens with zero attached hydrogens (tertiary/aromatic N) is 3. The fourth-order valence-electron chi connectivity index (χ4n) is 4.26. The fraction of sp³-hybridized carbons (Fsp3) is 0.107. The van der Waals surface area contributed by atoms with E-state index in [-0.39, 0.29) is 18.0 Å². The molecule has 10 heteroatoms. The number of pyridine rings is 2. The molecule has 0 bridgehead atoms. The molecule has 0 fully saturated rings. The SMILES string of the molecule is NC(=O)c1cc(Cn2ccccc2=O)ccc1Cc1cncc(C(=O)NCc2n[nH]c3ccc(Cl)cc23)c1. The highest BCUT2D eigenvalue weighted by Gasteiger charge is 2.14. The maximum absolute atomic E-state index is 12.9. The van der Waals surface area contributed by atoms with Gasteiger partial charge >= 0.3 is 0 Å². The molecule has 5 rings (SSSR count). The van der Waals surface area contributed by atoms with E-state index in [0.29, 0.717) is 40.4 Å². The maximum Gasteiger partial charge on any atom is 0.253 e. The van der Waals surface area contributed by atoms with E-state index in [1.54, 1.807) is 53.4 Å². The van der Waals surface area contributed by atoms with E-state index in [9.17, 15) is 14.4 Å². The Labute approximate surface area is 222 Å². The zero-order chi connectivity index (χ0) is 26.6. The van der Waals surface area contributed by atoms with Crippen LogP contribution in [0.2, 0.25) is 5.02 Å². The van der Waals surface area contributed by atoms with E-state index in [0.717, 1.165) is 22.0 Å². The van der Waals surface area contributed by atoms with Crippen molar-refractivity contribution in [3.05, 3.63) is 128 Å². The summed E-state index contributed by atoms with van der Waals surface area (Å²) < 4.78 is 1.55. The normalized spacial score (nSPS) is 11.0. The molecule has 0 spiro atoms. The smallest absolute Gasteiger partial charge is 0.253 e. The summed E-state index contributed by atoms with van der Waals surface area (Å²) in [5, 5.41) is 11.5. The zero-order valence-corrected chi connectivity index (χ0v) is 20.9. The van der Waals surface area contributed by atoms with Crippen LogP contribution in [0.15, 0.2) is 84.0 Å². The number of carbonyl (C=O) groups is 2. The first-order valence-electron chi connectivity index (χ1n) is 11.8. The summed E-state index contributed by atoms with van der Waals surface area (Å²) in [5.41, 5.74) is 9.97. The molecule has 5 aromatic rings. The van der Waals surface area contributed by atoms with E-state index in [1.165, 1.54) is 12.3 Å². The number of hydrogen-bond acceptors (Lipinski definition) is 5. The fourth-order valence-corrected chi connectivity index (χ4v) is 4.44. The van der Waals surface area contributed by atoms with Crippen LogP contribution in [0, 0.1) is 0 Å². The van der Waals surface area contributed by atoms with Gasteiger partial charge < -0.3 is 15.6 Å². The summed E-state index contributed by atoms with van der Waals surface area (Å²) in [6.07, 6.45) is 5.16. The Morgan fingerprint density at radius 3 is 2.71 bits per heavy atom. The molecule has 0 saturated carbocycles. The van der Waals surface area contributed by atoms with Crippen molar-refractivity contribution in [2.75, 3.05) is 0 Å². The molecule has 0 radical (unpaired) electrons. The Morgan fingerprint density at radius 2 is 1.89 bits per heavy atom. The molecule has 0 atom stereocenters. The molecule has 3 heterocycles. The second-order valence-electron chi connectivity index (χ2n) is 8.82. The van der Waals surface area contributed by atoms with Gasteiger partial charge in [-0.15, -0.1) is 0 Å². The van der Waals surface area contributed by atoms with Gasteiger partial charge in [0.05, 0.1) is 29.9 Å². The summed E-state index contributed by atoms with van der Waals surface area (Å²) in [6.45, 7) is 0.524. The van der Waals surface area contributed by atoms with Crippen molar-refractivity contribution >= 4 is 34.3 Å². The number of benzene rings is 2. The van der Waals surface area contributed by atoms with Gasteiger partial charge in [-0.25, -0.2) is 0 Å². The number of fused-ring (bicyclic) bond motifs is 1. The molecule has 0 aliphatic heterocycles. The summed E-state index contributed by atoms with van der Waals surface area (Å²) in [6, 6.07) is 17.4. The third kappa shape index (κ3) is 5.47. The second-order valence-corrected chi connectivity index (χ2v) is 9.26. The number of H-pyrrole nitrogens is 1. The molecule has 9 nitrogen and oxygen atoms in total. The van der Waals surface area contributed by atoms with E-state index in [1.807, 2.05) is 18.2 Å². The quantitative estimate of drug-likeness (QED) is 0.284. The Kier molecular flexibility index (Phi) is 7.01. The van der Waals surface area contributed by atoms with Crippen LogP contribution in [0.3, 0.4) is 0 Å². The van der Waals surface area contributed by atoms with Crippen molar-refractivity contribution in [2.24, 2.45) is 5.73 Å². The third-order valence-electron chi connectivity index (χ3n) is 6.16. The minimum absolute atomic E-state index is 0.136. The van der Waals surface area contributed by atoms with Gasteiger partial charge in [0.15, 0.2) is 0 Å². The maximum atomic E-state index is 12.9. The molecule has 0 unspecified atom stereocenters. The first-order valence-corrected chi connectivity index (χ1v) is 12.2. The molecule has 2 amide bonds. The van der Waals surface area contributed by atoms with Crippen LogP contribution in [0.4, 0.5) is 0 Å². The van der Waals surface area contributed by atoms with Crippen LogP contribution in [0.25, 0.3) is 10.9 Å².